The highest BCUT2D eigenvalue weighted by atomic mass is 32.2. The molecule has 1 amide bonds. The van der Waals surface area contributed by atoms with E-state index in [-0.39, 0.29) is 5.75 Å². The number of alkyl halides is 3. The first kappa shape index (κ1) is 25.2. The molecular weight excluding hydrogens is 495 g/mol. The van der Waals surface area contributed by atoms with Gasteiger partial charge in [0.15, 0.2) is 0 Å². The Morgan fingerprint density at radius 1 is 1.00 bits per heavy atom. The molecule has 11 heteroatoms. The van der Waals surface area contributed by atoms with Gasteiger partial charge >= 0.3 is 21.6 Å². The van der Waals surface area contributed by atoms with Gasteiger partial charge in [0.1, 0.15) is 11.6 Å². The first-order valence-corrected chi connectivity index (χ1v) is 12.5. The highest BCUT2D eigenvalue weighted by Gasteiger charge is 2.47. The van der Waals surface area contributed by atoms with Crippen LogP contribution in [0.25, 0.3) is 22.2 Å². The van der Waals surface area contributed by atoms with Crippen LogP contribution in [0.15, 0.2) is 72.8 Å². The summed E-state index contributed by atoms with van der Waals surface area (Å²) in [5, 5.41) is 0. The highest BCUT2D eigenvalue weighted by molar-refractivity contribution is 7.90. The summed E-state index contributed by atoms with van der Waals surface area (Å²) in [7, 11) is -5.88. The van der Waals surface area contributed by atoms with Gasteiger partial charge in [0.05, 0.1) is 11.0 Å². The summed E-state index contributed by atoms with van der Waals surface area (Å²) in [5.41, 5.74) is -1.66. The van der Waals surface area contributed by atoms with E-state index in [0.717, 1.165) is 40.0 Å². The van der Waals surface area contributed by atoms with E-state index in [1.807, 2.05) is 36.4 Å². The fourth-order valence-electron chi connectivity index (χ4n) is 3.77. The number of sulfonamides is 1. The molecule has 0 unspecified atom stereocenters. The average molecular weight is 518 g/mol. The predicted molar refractivity (Wildman–Crippen MR) is 129 cm³/mol. The van der Waals surface area contributed by atoms with Gasteiger partial charge in [-0.15, -0.1) is 0 Å². The van der Waals surface area contributed by atoms with Crippen LogP contribution in [0.1, 0.15) is 24.7 Å². The summed E-state index contributed by atoms with van der Waals surface area (Å²) < 4.78 is 67.9. The zero-order valence-corrected chi connectivity index (χ0v) is 19.9. The molecule has 0 aliphatic carbocycles. The lowest BCUT2D eigenvalue weighted by Gasteiger charge is -2.13. The zero-order valence-electron chi connectivity index (χ0n) is 19.1. The maximum atomic E-state index is 12.5. The van der Waals surface area contributed by atoms with Crippen LogP contribution in [0.4, 0.5) is 18.0 Å². The SMILES string of the molecule is CCCc1nc2ccccc2n1Cc1ccc(-c2ccccc2OC(=O)NS(=O)(=O)C(F)(F)F)cc1. The summed E-state index contributed by atoms with van der Waals surface area (Å²) in [6, 6.07) is 21.4. The third-order valence-electron chi connectivity index (χ3n) is 5.42. The number of ether oxygens (including phenoxy) is 1. The van der Waals surface area contributed by atoms with Gasteiger partial charge in [-0.3, -0.25) is 0 Å². The number of carbonyl (C=O) groups is 1. The van der Waals surface area contributed by atoms with E-state index >= 15 is 0 Å². The smallest absolute Gasteiger partial charge is 0.409 e. The number of benzene rings is 3. The van der Waals surface area contributed by atoms with E-state index in [9.17, 15) is 26.4 Å². The quantitative estimate of drug-likeness (QED) is 0.343. The van der Waals surface area contributed by atoms with Crippen LogP contribution in [0.3, 0.4) is 0 Å². The minimum atomic E-state index is -5.88. The van der Waals surface area contributed by atoms with Crippen molar-refractivity contribution in [1.29, 1.82) is 0 Å². The van der Waals surface area contributed by atoms with Crippen molar-refractivity contribution in [2.24, 2.45) is 0 Å². The van der Waals surface area contributed by atoms with Crippen molar-refractivity contribution in [3.8, 4) is 16.9 Å². The van der Waals surface area contributed by atoms with E-state index in [2.05, 4.69) is 11.5 Å². The molecular formula is C25H22F3N3O4S. The lowest BCUT2D eigenvalue weighted by atomic mass is 10.0. The van der Waals surface area contributed by atoms with Gasteiger partial charge in [0, 0.05) is 18.5 Å². The van der Waals surface area contributed by atoms with Crippen molar-refractivity contribution in [3.05, 3.63) is 84.2 Å². The van der Waals surface area contributed by atoms with Gasteiger partial charge in [-0.25, -0.2) is 14.5 Å². The molecule has 4 aromatic rings. The number of imidazole rings is 1. The molecule has 0 saturated carbocycles. The number of nitrogens with zero attached hydrogens (tertiary/aromatic N) is 2. The van der Waals surface area contributed by atoms with Crippen LogP contribution < -0.4 is 9.46 Å². The molecule has 0 bridgehead atoms. The number of aromatic nitrogens is 2. The Morgan fingerprint density at radius 3 is 2.36 bits per heavy atom. The van der Waals surface area contributed by atoms with Gasteiger partial charge in [0.2, 0.25) is 0 Å². The van der Waals surface area contributed by atoms with Gasteiger partial charge in [-0.05, 0) is 35.7 Å². The van der Waals surface area contributed by atoms with E-state index in [0.29, 0.717) is 17.7 Å². The van der Waals surface area contributed by atoms with Crippen molar-refractivity contribution in [1.82, 2.24) is 14.3 Å². The third-order valence-corrected chi connectivity index (χ3v) is 6.47. The van der Waals surface area contributed by atoms with Crippen LogP contribution >= 0.6 is 0 Å². The second kappa shape index (κ2) is 10.0. The van der Waals surface area contributed by atoms with Crippen molar-refractivity contribution < 1.29 is 31.1 Å². The minimum absolute atomic E-state index is 0.0917. The van der Waals surface area contributed by atoms with Gasteiger partial charge in [-0.1, -0.05) is 61.5 Å². The number of nitrogens with one attached hydrogen (secondary N) is 1. The molecule has 7 nitrogen and oxygen atoms in total. The standard InChI is InChI=1S/C25H22F3N3O4S/c1-2-7-23-29-20-9-4-5-10-21(20)31(23)16-17-12-14-18(15-13-17)19-8-3-6-11-22(19)35-24(32)30-36(33,34)25(26,27)28/h3-6,8-15H,2,7,16H2,1H3,(H,30,32). The summed E-state index contributed by atoms with van der Waals surface area (Å²) in [6.07, 6.45) is 0.0346. The van der Waals surface area contributed by atoms with E-state index < -0.39 is 21.6 Å². The molecule has 1 aromatic heterocycles. The number of hydrogen-bond donors (Lipinski definition) is 1. The number of rotatable bonds is 7. The Labute approximate surface area is 205 Å². The lowest BCUT2D eigenvalue weighted by Crippen LogP contribution is -2.41. The monoisotopic (exact) mass is 517 g/mol. The Morgan fingerprint density at radius 2 is 1.67 bits per heavy atom. The van der Waals surface area contributed by atoms with Crippen molar-refractivity contribution in [2.75, 3.05) is 0 Å². The van der Waals surface area contributed by atoms with Crippen molar-refractivity contribution in [2.45, 2.75) is 31.8 Å². The summed E-state index contributed by atoms with van der Waals surface area (Å²) in [5.74, 6) is 0.896. The number of hydrogen-bond acceptors (Lipinski definition) is 5. The van der Waals surface area contributed by atoms with Crippen LogP contribution in [0, 0.1) is 0 Å². The number of para-hydroxylation sites is 3. The van der Waals surface area contributed by atoms with Crippen LogP contribution in [-0.4, -0.2) is 29.6 Å². The third kappa shape index (κ3) is 5.35. The maximum Gasteiger partial charge on any atom is 0.516 e. The average Bonchev–Trinajstić information content (AvgIpc) is 3.16. The van der Waals surface area contributed by atoms with Crippen LogP contribution in [0.2, 0.25) is 0 Å². The molecule has 3 aromatic carbocycles. The summed E-state index contributed by atoms with van der Waals surface area (Å²) >= 11 is 0. The molecule has 0 saturated heterocycles. The molecule has 0 spiro atoms. The highest BCUT2D eigenvalue weighted by Crippen LogP contribution is 2.31. The summed E-state index contributed by atoms with van der Waals surface area (Å²) in [4.78, 5) is 16.6. The Bertz CT molecular complexity index is 1500. The minimum Gasteiger partial charge on any atom is -0.409 e. The molecule has 0 aliphatic heterocycles. The zero-order chi connectivity index (χ0) is 25.9. The topological polar surface area (TPSA) is 90.3 Å². The number of aryl methyl sites for hydroxylation is 1. The van der Waals surface area contributed by atoms with E-state index in [1.54, 1.807) is 24.3 Å². The second-order valence-electron chi connectivity index (χ2n) is 7.99. The molecule has 0 aliphatic rings. The number of carbonyl (C=O) groups excluding carboxylic acids is 1. The normalized spacial score (nSPS) is 12.0. The molecule has 0 atom stereocenters. The van der Waals surface area contributed by atoms with E-state index in [1.165, 1.54) is 12.1 Å². The fraction of sp³-hybridized carbons (Fsp3) is 0.200. The molecule has 0 radical (unpaired) electrons. The number of fused-ring (bicyclic) bond motifs is 1. The van der Waals surface area contributed by atoms with Gasteiger partial charge in [-0.2, -0.15) is 21.6 Å². The Kier molecular flexibility index (Phi) is 7.02. The largest absolute Gasteiger partial charge is 0.516 e. The summed E-state index contributed by atoms with van der Waals surface area (Å²) in [6.45, 7) is 2.68. The van der Waals surface area contributed by atoms with Gasteiger partial charge in [0.25, 0.3) is 0 Å². The van der Waals surface area contributed by atoms with Crippen LogP contribution in [0.5, 0.6) is 5.75 Å². The maximum absolute atomic E-state index is 12.5. The Hall–Kier alpha value is -3.86. The van der Waals surface area contributed by atoms with Gasteiger partial charge < -0.3 is 9.30 Å². The molecule has 36 heavy (non-hydrogen) atoms. The molecule has 188 valence electrons. The Balaban J connectivity index is 1.56. The van der Waals surface area contributed by atoms with Crippen molar-refractivity contribution in [3.63, 3.8) is 0 Å². The fourth-order valence-corrected chi connectivity index (χ4v) is 4.15. The molecule has 1 heterocycles. The first-order chi connectivity index (χ1) is 17.1. The molecule has 4 rings (SSSR count). The van der Waals surface area contributed by atoms with Crippen molar-refractivity contribution >= 4 is 27.1 Å². The predicted octanol–water partition coefficient (Wildman–Crippen LogP) is 5.64. The number of amides is 1. The van der Waals surface area contributed by atoms with E-state index in [4.69, 9.17) is 9.72 Å². The second-order valence-corrected chi connectivity index (χ2v) is 9.66. The van der Waals surface area contributed by atoms with Crippen LogP contribution in [-0.2, 0) is 23.0 Å². The molecule has 1 N–H and O–H groups in total. The lowest BCUT2D eigenvalue weighted by molar-refractivity contribution is -0.0446. The molecule has 0 fully saturated rings. The first-order valence-electron chi connectivity index (χ1n) is 11.0. The number of halogens is 3.